The molecular weight excluding hydrogens is 173 g/mol. The van der Waals surface area contributed by atoms with Crippen LogP contribution in [0.3, 0.4) is 0 Å². The third kappa shape index (κ3) is 3.96. The Balaban J connectivity index is 3.61. The Morgan fingerprint density at radius 2 is 2.10 bits per heavy atom. The molecule has 0 bridgehead atoms. The molecule has 4 heteroatoms. The molecule has 2 nitrogen and oxygen atoms in total. The standard InChI is InChI=1S/C6H11Cl2NO/c1-3-6(10)9(2)4-5(7)8/h5H,3-4H2,1-2H3. The molecule has 0 aliphatic rings. The van der Waals surface area contributed by atoms with E-state index >= 15 is 0 Å². The van der Waals surface area contributed by atoms with Crippen LogP contribution in [0.1, 0.15) is 13.3 Å². The number of nitrogens with zero attached hydrogens (tertiary/aromatic N) is 1. The summed E-state index contributed by atoms with van der Waals surface area (Å²) in [6.45, 7) is 2.20. The van der Waals surface area contributed by atoms with Crippen molar-refractivity contribution in [1.29, 1.82) is 0 Å². The Morgan fingerprint density at radius 3 is 2.40 bits per heavy atom. The number of carbonyl (C=O) groups is 1. The third-order valence-electron chi connectivity index (χ3n) is 1.14. The molecule has 0 rings (SSSR count). The number of hydrogen-bond donors (Lipinski definition) is 0. The summed E-state index contributed by atoms with van der Waals surface area (Å²) in [6.07, 6.45) is 0.497. The fourth-order valence-corrected chi connectivity index (χ4v) is 0.993. The van der Waals surface area contributed by atoms with Crippen molar-refractivity contribution in [3.05, 3.63) is 0 Å². The van der Waals surface area contributed by atoms with Crippen molar-refractivity contribution in [2.45, 2.75) is 18.2 Å². The zero-order valence-corrected chi connectivity index (χ0v) is 7.61. The molecule has 0 N–H and O–H groups in total. The molecule has 0 aromatic rings. The Hall–Kier alpha value is 0.0500. The van der Waals surface area contributed by atoms with Crippen LogP contribution in [0.2, 0.25) is 0 Å². The van der Waals surface area contributed by atoms with Crippen LogP contribution in [0, 0.1) is 0 Å². The fourth-order valence-electron chi connectivity index (χ4n) is 0.579. The first kappa shape index (κ1) is 10.0. The maximum atomic E-state index is 10.9. The molecular formula is C6H11Cl2NO. The molecule has 0 radical (unpaired) electrons. The predicted molar refractivity (Wildman–Crippen MR) is 43.4 cm³/mol. The Bertz CT molecular complexity index is 116. The van der Waals surface area contributed by atoms with Gasteiger partial charge in [-0.2, -0.15) is 0 Å². The van der Waals surface area contributed by atoms with Crippen LogP contribution >= 0.6 is 23.2 Å². The molecule has 0 saturated heterocycles. The van der Waals surface area contributed by atoms with Gasteiger partial charge in [0, 0.05) is 13.5 Å². The molecule has 0 aromatic carbocycles. The van der Waals surface area contributed by atoms with Crippen LogP contribution in [-0.4, -0.2) is 29.2 Å². The van der Waals surface area contributed by atoms with E-state index in [0.717, 1.165) is 0 Å². The summed E-state index contributed by atoms with van der Waals surface area (Å²) in [7, 11) is 1.68. The van der Waals surface area contributed by atoms with Crippen molar-refractivity contribution in [2.24, 2.45) is 0 Å². The van der Waals surface area contributed by atoms with Crippen molar-refractivity contribution in [3.8, 4) is 0 Å². The van der Waals surface area contributed by atoms with E-state index in [1.807, 2.05) is 0 Å². The lowest BCUT2D eigenvalue weighted by atomic mass is 10.4. The van der Waals surface area contributed by atoms with E-state index in [2.05, 4.69) is 0 Å². The molecule has 60 valence electrons. The van der Waals surface area contributed by atoms with Crippen LogP contribution in [0.4, 0.5) is 0 Å². The Labute approximate surface area is 71.1 Å². The first-order valence-corrected chi connectivity index (χ1v) is 3.97. The highest BCUT2D eigenvalue weighted by molar-refractivity contribution is 6.44. The number of amides is 1. The molecule has 0 heterocycles. The predicted octanol–water partition coefficient (Wildman–Crippen LogP) is 1.66. The molecule has 0 aliphatic heterocycles. The molecule has 0 saturated carbocycles. The maximum Gasteiger partial charge on any atom is 0.222 e. The summed E-state index contributed by atoms with van der Waals surface area (Å²) in [5.74, 6) is 0.0614. The van der Waals surface area contributed by atoms with Gasteiger partial charge in [0.15, 0.2) is 0 Å². The van der Waals surface area contributed by atoms with E-state index in [1.165, 1.54) is 4.90 Å². The maximum absolute atomic E-state index is 10.9. The highest BCUT2D eigenvalue weighted by atomic mass is 35.5. The van der Waals surface area contributed by atoms with Gasteiger partial charge < -0.3 is 4.90 Å². The minimum atomic E-state index is -0.486. The average Bonchev–Trinajstić information content (AvgIpc) is 1.85. The number of carbonyl (C=O) groups excluding carboxylic acids is 1. The lowest BCUT2D eigenvalue weighted by Gasteiger charge is -2.15. The Morgan fingerprint density at radius 1 is 1.60 bits per heavy atom. The first-order valence-electron chi connectivity index (χ1n) is 3.10. The van der Waals surface area contributed by atoms with Crippen LogP contribution in [-0.2, 0) is 4.79 Å². The van der Waals surface area contributed by atoms with E-state index in [4.69, 9.17) is 23.2 Å². The minimum Gasteiger partial charge on any atom is -0.343 e. The van der Waals surface area contributed by atoms with E-state index in [1.54, 1.807) is 14.0 Å². The summed E-state index contributed by atoms with van der Waals surface area (Å²) >= 11 is 10.9. The molecule has 0 fully saturated rings. The zero-order chi connectivity index (χ0) is 8.15. The molecule has 1 amide bonds. The quantitative estimate of drug-likeness (QED) is 0.610. The van der Waals surface area contributed by atoms with Gasteiger partial charge in [0.25, 0.3) is 0 Å². The van der Waals surface area contributed by atoms with E-state index in [9.17, 15) is 4.79 Å². The molecule has 0 aliphatic carbocycles. The summed E-state index contributed by atoms with van der Waals surface area (Å²) < 4.78 is 0. The van der Waals surface area contributed by atoms with E-state index in [-0.39, 0.29) is 5.91 Å². The van der Waals surface area contributed by atoms with Gasteiger partial charge >= 0.3 is 0 Å². The van der Waals surface area contributed by atoms with Crippen molar-refractivity contribution < 1.29 is 4.79 Å². The first-order chi connectivity index (χ1) is 4.57. The highest BCUT2D eigenvalue weighted by Crippen LogP contribution is 2.03. The van der Waals surface area contributed by atoms with Gasteiger partial charge in [0.05, 0.1) is 6.54 Å². The normalized spacial score (nSPS) is 10.1. The van der Waals surface area contributed by atoms with Crippen molar-refractivity contribution in [2.75, 3.05) is 13.6 Å². The van der Waals surface area contributed by atoms with Gasteiger partial charge in [-0.3, -0.25) is 4.79 Å². The topological polar surface area (TPSA) is 20.3 Å². The van der Waals surface area contributed by atoms with Gasteiger partial charge in [-0.15, -0.1) is 23.2 Å². The van der Waals surface area contributed by atoms with Crippen LogP contribution in [0.25, 0.3) is 0 Å². The summed E-state index contributed by atoms with van der Waals surface area (Å²) in [5, 5.41) is 0. The molecule has 0 aromatic heterocycles. The zero-order valence-electron chi connectivity index (χ0n) is 6.10. The number of hydrogen-bond acceptors (Lipinski definition) is 1. The van der Waals surface area contributed by atoms with E-state index < -0.39 is 4.84 Å². The lowest BCUT2D eigenvalue weighted by molar-refractivity contribution is -0.129. The summed E-state index contributed by atoms with van der Waals surface area (Å²) in [4.78, 5) is 11.9. The second-order valence-corrected chi connectivity index (χ2v) is 3.30. The average molecular weight is 184 g/mol. The largest absolute Gasteiger partial charge is 0.343 e. The van der Waals surface area contributed by atoms with Crippen LogP contribution in [0.15, 0.2) is 0 Å². The third-order valence-corrected chi connectivity index (χ3v) is 1.42. The second kappa shape index (κ2) is 4.80. The second-order valence-electron chi connectivity index (χ2n) is 2.02. The van der Waals surface area contributed by atoms with Crippen molar-refractivity contribution in [1.82, 2.24) is 4.90 Å². The minimum absolute atomic E-state index is 0.0614. The van der Waals surface area contributed by atoms with Gasteiger partial charge in [0.2, 0.25) is 5.91 Å². The summed E-state index contributed by atoms with van der Waals surface area (Å²) in [6, 6.07) is 0. The molecule has 0 atom stereocenters. The number of rotatable bonds is 3. The number of halogens is 2. The molecule has 0 unspecified atom stereocenters. The van der Waals surface area contributed by atoms with E-state index in [0.29, 0.717) is 13.0 Å². The van der Waals surface area contributed by atoms with Crippen LogP contribution < -0.4 is 0 Å². The highest BCUT2D eigenvalue weighted by Gasteiger charge is 2.08. The lowest BCUT2D eigenvalue weighted by Crippen LogP contribution is -2.29. The van der Waals surface area contributed by atoms with Crippen molar-refractivity contribution in [3.63, 3.8) is 0 Å². The smallest absolute Gasteiger partial charge is 0.222 e. The van der Waals surface area contributed by atoms with Crippen LogP contribution in [0.5, 0.6) is 0 Å². The Kier molecular flexibility index (Phi) is 4.83. The van der Waals surface area contributed by atoms with Gasteiger partial charge in [-0.1, -0.05) is 6.92 Å². The van der Waals surface area contributed by atoms with Gasteiger partial charge in [-0.25, -0.2) is 0 Å². The van der Waals surface area contributed by atoms with Gasteiger partial charge in [-0.05, 0) is 0 Å². The number of alkyl halides is 2. The SMILES string of the molecule is CCC(=O)N(C)CC(Cl)Cl. The molecule has 0 spiro atoms. The molecule has 10 heavy (non-hydrogen) atoms. The fraction of sp³-hybridized carbons (Fsp3) is 0.833. The van der Waals surface area contributed by atoms with Gasteiger partial charge in [0.1, 0.15) is 4.84 Å². The monoisotopic (exact) mass is 183 g/mol. The summed E-state index contributed by atoms with van der Waals surface area (Å²) in [5.41, 5.74) is 0. The van der Waals surface area contributed by atoms with Crippen molar-refractivity contribution >= 4 is 29.1 Å².